The van der Waals surface area contributed by atoms with Crippen LogP contribution in [-0.4, -0.2) is 29.7 Å². The summed E-state index contributed by atoms with van der Waals surface area (Å²) in [5, 5.41) is 3.14. The Bertz CT molecular complexity index is 297. The number of rotatable bonds is 6. The average molecular weight is 270 g/mol. The number of carbonyl (C=O) groups is 1. The van der Waals surface area contributed by atoms with Crippen LogP contribution in [0.3, 0.4) is 0 Å². The molecule has 0 bridgehead atoms. The van der Waals surface area contributed by atoms with Gasteiger partial charge < -0.3 is 15.8 Å². The van der Waals surface area contributed by atoms with Gasteiger partial charge in [0.25, 0.3) is 0 Å². The van der Waals surface area contributed by atoms with Crippen molar-refractivity contribution >= 4 is 5.91 Å². The third-order valence-corrected chi connectivity index (χ3v) is 4.83. The van der Waals surface area contributed by atoms with Crippen molar-refractivity contribution in [2.75, 3.05) is 6.61 Å². The third-order valence-electron chi connectivity index (χ3n) is 4.83. The van der Waals surface area contributed by atoms with Gasteiger partial charge in [0.05, 0.1) is 11.1 Å². The number of hydrogen-bond acceptors (Lipinski definition) is 3. The highest BCUT2D eigenvalue weighted by molar-refractivity contribution is 5.86. The summed E-state index contributed by atoms with van der Waals surface area (Å²) < 4.78 is 5.93. The van der Waals surface area contributed by atoms with E-state index in [1.807, 2.05) is 13.8 Å². The first-order valence-electron chi connectivity index (χ1n) is 7.69. The molecule has 3 N–H and O–H groups in total. The van der Waals surface area contributed by atoms with Crippen LogP contribution in [0.1, 0.15) is 66.2 Å². The van der Waals surface area contributed by atoms with E-state index in [0.717, 1.165) is 32.3 Å². The Morgan fingerprint density at radius 1 is 1.32 bits per heavy atom. The molecule has 0 aromatic carbocycles. The summed E-state index contributed by atoms with van der Waals surface area (Å²) in [5.74, 6) is -0.00879. The molecule has 4 nitrogen and oxygen atoms in total. The molecular weight excluding hydrogens is 240 g/mol. The van der Waals surface area contributed by atoms with E-state index in [0.29, 0.717) is 12.8 Å². The number of ether oxygens (including phenoxy) is 1. The smallest absolute Gasteiger partial charge is 0.240 e. The van der Waals surface area contributed by atoms with Crippen molar-refractivity contribution in [2.45, 2.75) is 83.4 Å². The molecule has 0 aliphatic carbocycles. The van der Waals surface area contributed by atoms with Crippen molar-refractivity contribution in [3.63, 3.8) is 0 Å². The minimum Gasteiger partial charge on any atom is -0.375 e. The second-order valence-corrected chi connectivity index (χ2v) is 5.77. The van der Waals surface area contributed by atoms with Gasteiger partial charge >= 0.3 is 0 Å². The quantitative estimate of drug-likeness (QED) is 0.778. The maximum absolute atomic E-state index is 12.3. The van der Waals surface area contributed by atoms with E-state index in [1.54, 1.807) is 0 Å². The Morgan fingerprint density at radius 2 is 1.89 bits per heavy atom. The molecule has 1 unspecified atom stereocenters. The molecule has 1 aliphatic heterocycles. The van der Waals surface area contributed by atoms with E-state index >= 15 is 0 Å². The van der Waals surface area contributed by atoms with Gasteiger partial charge in [-0.3, -0.25) is 4.79 Å². The van der Waals surface area contributed by atoms with Crippen LogP contribution in [0.2, 0.25) is 0 Å². The van der Waals surface area contributed by atoms with Crippen LogP contribution in [0.15, 0.2) is 0 Å². The summed E-state index contributed by atoms with van der Waals surface area (Å²) >= 11 is 0. The van der Waals surface area contributed by atoms with Crippen molar-refractivity contribution in [3.8, 4) is 0 Å². The van der Waals surface area contributed by atoms with Gasteiger partial charge in [0.2, 0.25) is 5.91 Å². The van der Waals surface area contributed by atoms with Gasteiger partial charge in [0.1, 0.15) is 0 Å². The molecule has 1 saturated heterocycles. The maximum Gasteiger partial charge on any atom is 0.240 e. The molecule has 1 atom stereocenters. The normalized spacial score (nSPS) is 23.1. The van der Waals surface area contributed by atoms with Gasteiger partial charge in [-0.15, -0.1) is 0 Å². The van der Waals surface area contributed by atoms with Gasteiger partial charge in [0.15, 0.2) is 0 Å². The first-order chi connectivity index (χ1) is 8.95. The van der Waals surface area contributed by atoms with Crippen molar-refractivity contribution in [3.05, 3.63) is 0 Å². The van der Waals surface area contributed by atoms with Gasteiger partial charge in [-0.1, -0.05) is 27.7 Å². The molecule has 0 spiro atoms. The standard InChI is InChI=1S/C15H30N2O2/c1-5-14(6-2)11-12(9-10-19-14)17-13(18)15(16,7-3)8-4/h12H,5-11,16H2,1-4H3,(H,17,18). The minimum absolute atomic E-state index is 0.00879. The molecule has 0 aromatic rings. The third kappa shape index (κ3) is 3.69. The predicted molar refractivity (Wildman–Crippen MR) is 77.9 cm³/mol. The Hall–Kier alpha value is -0.610. The fourth-order valence-corrected chi connectivity index (χ4v) is 2.79. The number of carbonyl (C=O) groups excluding carboxylic acids is 1. The fraction of sp³-hybridized carbons (Fsp3) is 0.933. The highest BCUT2D eigenvalue weighted by Crippen LogP contribution is 2.31. The molecule has 1 fully saturated rings. The van der Waals surface area contributed by atoms with Crippen LogP contribution in [0, 0.1) is 0 Å². The molecule has 1 rings (SSSR count). The molecule has 0 radical (unpaired) electrons. The largest absolute Gasteiger partial charge is 0.375 e. The van der Waals surface area contributed by atoms with Crippen molar-refractivity contribution in [1.82, 2.24) is 5.32 Å². The van der Waals surface area contributed by atoms with Gasteiger partial charge in [-0.2, -0.15) is 0 Å². The topological polar surface area (TPSA) is 64.4 Å². The predicted octanol–water partition coefficient (Wildman–Crippen LogP) is 2.36. The number of nitrogens with two attached hydrogens (primary N) is 1. The molecule has 112 valence electrons. The molecule has 1 aliphatic rings. The zero-order chi connectivity index (χ0) is 14.5. The van der Waals surface area contributed by atoms with E-state index in [1.165, 1.54) is 0 Å². The summed E-state index contributed by atoms with van der Waals surface area (Å²) in [6.45, 7) is 8.96. The number of amides is 1. The van der Waals surface area contributed by atoms with Gasteiger partial charge in [-0.25, -0.2) is 0 Å². The second kappa shape index (κ2) is 6.71. The first-order valence-corrected chi connectivity index (χ1v) is 7.69. The molecule has 4 heteroatoms. The summed E-state index contributed by atoms with van der Waals surface area (Å²) in [5.41, 5.74) is 5.36. The first kappa shape index (κ1) is 16.4. The molecule has 1 heterocycles. The minimum atomic E-state index is -0.723. The van der Waals surface area contributed by atoms with Crippen LogP contribution in [-0.2, 0) is 9.53 Å². The lowest BCUT2D eigenvalue weighted by Crippen LogP contribution is -2.57. The van der Waals surface area contributed by atoms with Crippen molar-refractivity contribution in [1.29, 1.82) is 0 Å². The van der Waals surface area contributed by atoms with Crippen LogP contribution in [0.25, 0.3) is 0 Å². The fourth-order valence-electron chi connectivity index (χ4n) is 2.79. The Morgan fingerprint density at radius 3 is 2.37 bits per heavy atom. The van der Waals surface area contributed by atoms with E-state index in [9.17, 15) is 4.79 Å². The summed E-state index contributed by atoms with van der Waals surface area (Å²) in [6.07, 6.45) is 5.11. The van der Waals surface area contributed by atoms with Crippen LogP contribution >= 0.6 is 0 Å². The molecule has 0 saturated carbocycles. The maximum atomic E-state index is 12.3. The summed E-state index contributed by atoms with van der Waals surface area (Å²) in [4.78, 5) is 12.3. The second-order valence-electron chi connectivity index (χ2n) is 5.77. The molecule has 0 aromatic heterocycles. The van der Waals surface area contributed by atoms with Crippen molar-refractivity contribution in [2.24, 2.45) is 5.73 Å². The Kier molecular flexibility index (Phi) is 5.81. The SMILES string of the molecule is CCC1(CC)CC(NC(=O)C(N)(CC)CC)CCO1. The molecular formula is C15H30N2O2. The summed E-state index contributed by atoms with van der Waals surface area (Å²) in [7, 11) is 0. The zero-order valence-corrected chi connectivity index (χ0v) is 12.9. The van der Waals surface area contributed by atoms with E-state index in [4.69, 9.17) is 10.5 Å². The number of hydrogen-bond donors (Lipinski definition) is 2. The lowest BCUT2D eigenvalue weighted by molar-refractivity contribution is -0.131. The van der Waals surface area contributed by atoms with E-state index < -0.39 is 5.54 Å². The molecule has 19 heavy (non-hydrogen) atoms. The lowest BCUT2D eigenvalue weighted by Gasteiger charge is -2.41. The van der Waals surface area contributed by atoms with Crippen LogP contribution in [0.4, 0.5) is 0 Å². The van der Waals surface area contributed by atoms with E-state index in [2.05, 4.69) is 19.2 Å². The van der Waals surface area contributed by atoms with Gasteiger partial charge in [0, 0.05) is 12.6 Å². The average Bonchev–Trinajstić information content (AvgIpc) is 2.46. The zero-order valence-electron chi connectivity index (χ0n) is 12.9. The van der Waals surface area contributed by atoms with Crippen LogP contribution < -0.4 is 11.1 Å². The van der Waals surface area contributed by atoms with E-state index in [-0.39, 0.29) is 17.6 Å². The van der Waals surface area contributed by atoms with Crippen molar-refractivity contribution < 1.29 is 9.53 Å². The monoisotopic (exact) mass is 270 g/mol. The van der Waals surface area contributed by atoms with Gasteiger partial charge in [-0.05, 0) is 38.5 Å². The highest BCUT2D eigenvalue weighted by Gasteiger charge is 2.37. The molecule has 1 amide bonds. The Labute approximate surface area is 117 Å². The number of nitrogens with one attached hydrogen (secondary N) is 1. The Balaban J connectivity index is 2.65. The summed E-state index contributed by atoms with van der Waals surface area (Å²) in [6, 6.07) is 0.196. The lowest BCUT2D eigenvalue weighted by atomic mass is 9.85. The van der Waals surface area contributed by atoms with Crippen LogP contribution in [0.5, 0.6) is 0 Å². The highest BCUT2D eigenvalue weighted by atomic mass is 16.5.